The van der Waals surface area contributed by atoms with E-state index in [4.69, 9.17) is 0 Å². The normalized spacial score (nSPS) is 26.1. The summed E-state index contributed by atoms with van der Waals surface area (Å²) >= 11 is 0. The average Bonchev–Trinajstić information content (AvgIpc) is 2.31. The summed E-state index contributed by atoms with van der Waals surface area (Å²) in [5.41, 5.74) is 0.905. The van der Waals surface area contributed by atoms with E-state index in [0.29, 0.717) is 0 Å². The highest BCUT2D eigenvalue weighted by Crippen LogP contribution is 2.33. The van der Waals surface area contributed by atoms with Gasteiger partial charge in [-0.05, 0) is 32.1 Å². The monoisotopic (exact) mass is 304 g/mol. The molecule has 118 valence electrons. The molecule has 0 bridgehead atoms. The molecule has 0 aromatic carbocycles. The van der Waals surface area contributed by atoms with Crippen molar-refractivity contribution in [3.05, 3.63) is 11.6 Å². The van der Waals surface area contributed by atoms with Crippen molar-refractivity contribution in [2.75, 3.05) is 6.54 Å². The van der Waals surface area contributed by atoms with E-state index in [9.17, 15) is 22.8 Å². The zero-order valence-corrected chi connectivity index (χ0v) is 11.9. The van der Waals surface area contributed by atoms with Gasteiger partial charge in [-0.2, -0.15) is 13.2 Å². The predicted molar refractivity (Wildman–Crippen MR) is 70.3 cm³/mol. The molecule has 7 heteroatoms. The fraction of sp³-hybridized carbons (Fsp3) is 0.714. The minimum absolute atomic E-state index is 0.0909. The summed E-state index contributed by atoms with van der Waals surface area (Å²) in [6.45, 7) is 1.23. The molecule has 2 aliphatic rings. The highest BCUT2D eigenvalue weighted by molar-refractivity contribution is 5.89. The van der Waals surface area contributed by atoms with Gasteiger partial charge >= 0.3 is 6.18 Å². The number of rotatable bonds is 2. The molecule has 0 aromatic rings. The molecule has 0 unspecified atom stereocenters. The third kappa shape index (κ3) is 3.98. The lowest BCUT2D eigenvalue weighted by Crippen LogP contribution is -2.57. The maximum absolute atomic E-state index is 13.1. The molecular weight excluding hydrogens is 285 g/mol. The molecule has 1 heterocycles. The van der Waals surface area contributed by atoms with Crippen molar-refractivity contribution in [3.8, 4) is 0 Å². The topological polar surface area (TPSA) is 49.4 Å². The zero-order valence-electron chi connectivity index (χ0n) is 11.9. The summed E-state index contributed by atoms with van der Waals surface area (Å²) in [6, 6.07) is -2.17. The molecule has 0 aromatic heterocycles. The molecule has 0 radical (unpaired) electrons. The van der Waals surface area contributed by atoms with E-state index in [1.54, 1.807) is 0 Å². The number of nitrogens with one attached hydrogen (secondary N) is 1. The molecule has 2 rings (SSSR count). The Bertz CT molecular complexity index is 454. The molecule has 21 heavy (non-hydrogen) atoms. The van der Waals surface area contributed by atoms with Gasteiger partial charge < -0.3 is 10.2 Å². The van der Waals surface area contributed by atoms with Crippen molar-refractivity contribution in [2.24, 2.45) is 0 Å². The van der Waals surface area contributed by atoms with E-state index >= 15 is 0 Å². The number of hydrogen-bond donors (Lipinski definition) is 1. The molecule has 2 fully saturated rings. The molecule has 1 aliphatic heterocycles. The molecule has 1 aliphatic carbocycles. The predicted octanol–water partition coefficient (Wildman–Crippen LogP) is 2.15. The van der Waals surface area contributed by atoms with Crippen LogP contribution in [0.25, 0.3) is 0 Å². The van der Waals surface area contributed by atoms with Crippen molar-refractivity contribution in [2.45, 2.75) is 57.3 Å². The first-order valence-corrected chi connectivity index (χ1v) is 7.11. The van der Waals surface area contributed by atoms with Crippen LogP contribution in [0.15, 0.2) is 11.6 Å². The molecule has 4 nitrogen and oxygen atoms in total. The number of carbonyl (C=O) groups is 2. The number of hydrogen-bond acceptors (Lipinski definition) is 2. The van der Waals surface area contributed by atoms with Gasteiger partial charge in [0.2, 0.25) is 11.8 Å². The Morgan fingerprint density at radius 2 is 1.95 bits per heavy atom. The molecule has 1 N–H and O–H groups in total. The number of nitrogens with zero attached hydrogens (tertiary/aromatic N) is 1. The van der Waals surface area contributed by atoms with Gasteiger partial charge in [-0.15, -0.1) is 0 Å². The van der Waals surface area contributed by atoms with Crippen LogP contribution in [-0.4, -0.2) is 41.5 Å². The fourth-order valence-electron chi connectivity index (χ4n) is 2.74. The third-order valence-electron chi connectivity index (χ3n) is 3.97. The van der Waals surface area contributed by atoms with Crippen molar-refractivity contribution >= 4 is 11.8 Å². The number of piperidine rings is 1. The summed E-state index contributed by atoms with van der Waals surface area (Å²) in [4.78, 5) is 24.0. The summed E-state index contributed by atoms with van der Waals surface area (Å²) in [5, 5.41) is 2.60. The minimum atomic E-state index is -4.44. The van der Waals surface area contributed by atoms with E-state index in [-0.39, 0.29) is 25.3 Å². The lowest BCUT2D eigenvalue weighted by Gasteiger charge is -2.40. The highest BCUT2D eigenvalue weighted by Gasteiger charge is 2.47. The quantitative estimate of drug-likeness (QED) is 0.795. The second kappa shape index (κ2) is 6.07. The van der Waals surface area contributed by atoms with Gasteiger partial charge in [0.15, 0.2) is 0 Å². The second-order valence-corrected chi connectivity index (χ2v) is 5.68. The van der Waals surface area contributed by atoms with Crippen LogP contribution in [0.3, 0.4) is 0 Å². The van der Waals surface area contributed by atoms with Crippen molar-refractivity contribution in [3.63, 3.8) is 0 Å². The van der Waals surface area contributed by atoms with Gasteiger partial charge in [0.05, 0.1) is 0 Å². The van der Waals surface area contributed by atoms with Crippen LogP contribution >= 0.6 is 0 Å². The lowest BCUT2D eigenvalue weighted by molar-refractivity contribution is -0.195. The number of alkyl halides is 3. The molecule has 2 amide bonds. The SMILES string of the molecule is CC(=O)N[C@@H]1CC[C@H](C(F)(F)F)N(C(=O)C=C2CCC2)C1. The van der Waals surface area contributed by atoms with E-state index < -0.39 is 24.2 Å². The van der Waals surface area contributed by atoms with Crippen LogP contribution in [-0.2, 0) is 9.59 Å². The first-order valence-electron chi connectivity index (χ1n) is 7.11. The first kappa shape index (κ1) is 15.9. The summed E-state index contributed by atoms with van der Waals surface area (Å²) in [5.74, 6) is -0.891. The van der Waals surface area contributed by atoms with E-state index in [1.165, 1.54) is 13.0 Å². The zero-order chi connectivity index (χ0) is 15.6. The van der Waals surface area contributed by atoms with Gasteiger partial charge in [0.1, 0.15) is 6.04 Å². The van der Waals surface area contributed by atoms with Gasteiger partial charge in [-0.3, -0.25) is 9.59 Å². The Morgan fingerprint density at radius 3 is 2.43 bits per heavy atom. The van der Waals surface area contributed by atoms with Gasteiger partial charge in [-0.1, -0.05) is 5.57 Å². The van der Waals surface area contributed by atoms with Crippen LogP contribution in [0, 0.1) is 0 Å². The van der Waals surface area contributed by atoms with Crippen LogP contribution < -0.4 is 5.32 Å². The maximum atomic E-state index is 13.1. The first-order chi connectivity index (χ1) is 9.77. The Morgan fingerprint density at radius 1 is 1.29 bits per heavy atom. The number of allylic oxidation sites excluding steroid dienone is 1. The van der Waals surface area contributed by atoms with Crippen LogP contribution in [0.2, 0.25) is 0 Å². The molecule has 2 atom stereocenters. The van der Waals surface area contributed by atoms with E-state index in [0.717, 1.165) is 29.7 Å². The van der Waals surface area contributed by atoms with Gasteiger partial charge in [0, 0.05) is 25.6 Å². The largest absolute Gasteiger partial charge is 0.408 e. The molecule has 1 saturated carbocycles. The van der Waals surface area contributed by atoms with E-state index in [2.05, 4.69) is 5.32 Å². The van der Waals surface area contributed by atoms with Crippen LogP contribution in [0.4, 0.5) is 13.2 Å². The lowest BCUT2D eigenvalue weighted by atomic mass is 9.91. The molecule has 1 saturated heterocycles. The van der Waals surface area contributed by atoms with E-state index in [1.807, 2.05) is 0 Å². The summed E-state index contributed by atoms with van der Waals surface area (Å²) < 4.78 is 39.2. The summed E-state index contributed by atoms with van der Waals surface area (Å²) in [7, 11) is 0. The van der Waals surface area contributed by atoms with Crippen LogP contribution in [0.5, 0.6) is 0 Å². The second-order valence-electron chi connectivity index (χ2n) is 5.68. The van der Waals surface area contributed by atoms with Gasteiger partial charge in [0.25, 0.3) is 0 Å². The van der Waals surface area contributed by atoms with Gasteiger partial charge in [-0.25, -0.2) is 0 Å². The fourth-order valence-corrected chi connectivity index (χ4v) is 2.74. The van der Waals surface area contributed by atoms with Crippen molar-refractivity contribution < 1.29 is 22.8 Å². The Balaban J connectivity index is 2.12. The molecular formula is C14H19F3N2O2. The van der Waals surface area contributed by atoms with Crippen molar-refractivity contribution in [1.29, 1.82) is 0 Å². The average molecular weight is 304 g/mol. The highest BCUT2D eigenvalue weighted by atomic mass is 19.4. The standard InChI is InChI=1S/C14H19F3N2O2/c1-9(20)18-11-5-6-12(14(15,16)17)19(8-11)13(21)7-10-3-2-4-10/h7,11-12H,2-6,8H2,1H3,(H,18,20)/t11-,12-/m1/s1. The number of halogens is 3. The Hall–Kier alpha value is -1.53. The number of amides is 2. The Labute approximate surface area is 121 Å². The number of carbonyl (C=O) groups excluding carboxylic acids is 2. The Kier molecular flexibility index (Phi) is 4.58. The maximum Gasteiger partial charge on any atom is 0.408 e. The van der Waals surface area contributed by atoms with Crippen molar-refractivity contribution in [1.82, 2.24) is 10.2 Å². The van der Waals surface area contributed by atoms with Crippen LogP contribution in [0.1, 0.15) is 39.0 Å². The smallest absolute Gasteiger partial charge is 0.352 e. The molecule has 0 spiro atoms. The minimum Gasteiger partial charge on any atom is -0.352 e. The number of likely N-dealkylation sites (tertiary alicyclic amines) is 1. The summed E-state index contributed by atoms with van der Waals surface area (Å²) in [6.07, 6.45) is -0.506. The third-order valence-corrected chi connectivity index (χ3v) is 3.97.